The first-order chi connectivity index (χ1) is 9.46. The van der Waals surface area contributed by atoms with Crippen LogP contribution in [-0.4, -0.2) is 23.0 Å². The van der Waals surface area contributed by atoms with Gasteiger partial charge < -0.3 is 4.43 Å². The zero-order valence-corrected chi connectivity index (χ0v) is 17.6. The van der Waals surface area contributed by atoms with Crippen molar-refractivity contribution in [2.75, 3.05) is 6.61 Å². The molecule has 21 heavy (non-hydrogen) atoms. The Labute approximate surface area is 135 Å². The standard InChI is InChI=1S/C18H36OSi2/c1-18(2,3)21(7,8)19-16-14-12-10-9-11-13-15-17-20(4,5)6/h9,11H,10,12-14,16H2,1-8H3/b11-9-. The maximum absolute atomic E-state index is 6.17. The summed E-state index contributed by atoms with van der Waals surface area (Å²) in [6.07, 6.45) is 8.91. The fourth-order valence-electron chi connectivity index (χ4n) is 1.48. The molecule has 0 aromatic rings. The van der Waals surface area contributed by atoms with E-state index < -0.39 is 16.4 Å². The van der Waals surface area contributed by atoms with E-state index in [-0.39, 0.29) is 0 Å². The molecular weight excluding hydrogens is 288 g/mol. The molecule has 1 nitrogen and oxygen atoms in total. The van der Waals surface area contributed by atoms with Gasteiger partial charge >= 0.3 is 0 Å². The summed E-state index contributed by atoms with van der Waals surface area (Å²) in [5.41, 5.74) is 3.39. The van der Waals surface area contributed by atoms with E-state index in [9.17, 15) is 0 Å². The molecule has 0 spiro atoms. The molecule has 0 aromatic heterocycles. The highest BCUT2D eigenvalue weighted by atomic mass is 28.4. The van der Waals surface area contributed by atoms with Crippen molar-refractivity contribution < 1.29 is 4.43 Å². The first-order valence-electron chi connectivity index (χ1n) is 8.25. The van der Waals surface area contributed by atoms with Gasteiger partial charge in [-0.3, -0.25) is 0 Å². The van der Waals surface area contributed by atoms with E-state index in [4.69, 9.17) is 4.43 Å². The first kappa shape index (κ1) is 20.7. The second-order valence-corrected chi connectivity index (χ2v) is 17.9. The third-order valence-corrected chi connectivity index (χ3v) is 9.35. The second-order valence-electron chi connectivity index (χ2n) is 8.33. The monoisotopic (exact) mass is 324 g/mol. The Morgan fingerprint density at radius 2 is 1.57 bits per heavy atom. The second kappa shape index (κ2) is 8.97. The SMILES string of the molecule is CC(C)(C)[Si](C)(C)OCCCC/C=C\CC#C[Si](C)(C)C. The van der Waals surface area contributed by atoms with Crippen LogP contribution in [0.2, 0.25) is 37.8 Å². The molecule has 0 aliphatic heterocycles. The molecule has 0 heterocycles. The minimum atomic E-state index is -1.54. The van der Waals surface area contributed by atoms with Crippen LogP contribution in [0.15, 0.2) is 12.2 Å². The molecule has 0 rings (SSSR count). The normalized spacial score (nSPS) is 13.3. The Kier molecular flexibility index (Phi) is 8.84. The van der Waals surface area contributed by atoms with Crippen LogP contribution in [0, 0.1) is 11.5 Å². The molecular formula is C18H36OSi2. The summed E-state index contributed by atoms with van der Waals surface area (Å²) in [6.45, 7) is 19.3. The van der Waals surface area contributed by atoms with Gasteiger partial charge in [0.15, 0.2) is 8.32 Å². The lowest BCUT2D eigenvalue weighted by molar-refractivity contribution is 0.279. The maximum Gasteiger partial charge on any atom is 0.191 e. The maximum atomic E-state index is 6.17. The highest BCUT2D eigenvalue weighted by Crippen LogP contribution is 2.36. The quantitative estimate of drug-likeness (QED) is 0.241. The van der Waals surface area contributed by atoms with Gasteiger partial charge in [-0.2, -0.15) is 0 Å². The molecule has 0 amide bonds. The van der Waals surface area contributed by atoms with Crippen molar-refractivity contribution in [3.05, 3.63) is 12.2 Å². The van der Waals surface area contributed by atoms with Crippen LogP contribution < -0.4 is 0 Å². The third kappa shape index (κ3) is 11.0. The number of allylic oxidation sites excluding steroid dienone is 2. The molecule has 0 saturated carbocycles. The molecule has 3 heteroatoms. The van der Waals surface area contributed by atoms with E-state index in [0.29, 0.717) is 5.04 Å². The van der Waals surface area contributed by atoms with Gasteiger partial charge in [0.25, 0.3) is 0 Å². The van der Waals surface area contributed by atoms with E-state index in [1.54, 1.807) is 0 Å². The van der Waals surface area contributed by atoms with Gasteiger partial charge in [-0.1, -0.05) is 52.6 Å². The van der Waals surface area contributed by atoms with Crippen molar-refractivity contribution in [3.8, 4) is 11.5 Å². The Hall–Kier alpha value is -0.306. The molecule has 122 valence electrons. The van der Waals surface area contributed by atoms with Crippen LogP contribution in [-0.2, 0) is 4.43 Å². The van der Waals surface area contributed by atoms with Crippen molar-refractivity contribution >= 4 is 16.4 Å². The highest BCUT2D eigenvalue weighted by molar-refractivity contribution is 6.83. The van der Waals surface area contributed by atoms with Crippen molar-refractivity contribution in [1.82, 2.24) is 0 Å². The van der Waals surface area contributed by atoms with Crippen LogP contribution in [0.5, 0.6) is 0 Å². The fourth-order valence-corrected chi connectivity index (χ4v) is 3.20. The van der Waals surface area contributed by atoms with Gasteiger partial charge in [0.2, 0.25) is 0 Å². The van der Waals surface area contributed by atoms with Crippen molar-refractivity contribution in [2.24, 2.45) is 0 Å². The van der Waals surface area contributed by atoms with Crippen LogP contribution in [0.1, 0.15) is 46.5 Å². The van der Waals surface area contributed by atoms with Crippen molar-refractivity contribution in [2.45, 2.75) is 84.2 Å². The number of unbranched alkanes of at least 4 members (excludes halogenated alkanes) is 2. The van der Waals surface area contributed by atoms with Crippen LogP contribution in [0.25, 0.3) is 0 Å². The molecule has 0 saturated heterocycles. The number of rotatable bonds is 7. The lowest BCUT2D eigenvalue weighted by Gasteiger charge is -2.36. The van der Waals surface area contributed by atoms with E-state index >= 15 is 0 Å². The van der Waals surface area contributed by atoms with E-state index in [0.717, 1.165) is 25.9 Å². The molecule has 0 aromatic carbocycles. The molecule has 0 N–H and O–H groups in total. The largest absolute Gasteiger partial charge is 0.417 e. The van der Waals surface area contributed by atoms with E-state index in [1.165, 1.54) is 6.42 Å². The van der Waals surface area contributed by atoms with E-state index in [2.05, 4.69) is 77.1 Å². The average Bonchev–Trinajstić information content (AvgIpc) is 2.28. The minimum Gasteiger partial charge on any atom is -0.417 e. The van der Waals surface area contributed by atoms with Crippen molar-refractivity contribution in [1.29, 1.82) is 0 Å². The Morgan fingerprint density at radius 1 is 0.952 bits per heavy atom. The van der Waals surface area contributed by atoms with Gasteiger partial charge in [0, 0.05) is 13.0 Å². The summed E-state index contributed by atoms with van der Waals surface area (Å²) in [5, 5.41) is 0.321. The summed E-state index contributed by atoms with van der Waals surface area (Å²) in [6, 6.07) is 0. The fraction of sp³-hybridized carbons (Fsp3) is 0.778. The number of hydrogen-bond acceptors (Lipinski definition) is 1. The van der Waals surface area contributed by atoms with E-state index in [1.807, 2.05) is 0 Å². The molecule has 0 unspecified atom stereocenters. The predicted octanol–water partition coefficient (Wildman–Crippen LogP) is 6.01. The summed E-state index contributed by atoms with van der Waals surface area (Å²) < 4.78 is 6.17. The summed E-state index contributed by atoms with van der Waals surface area (Å²) in [7, 11) is -2.73. The molecule has 0 fully saturated rings. The minimum absolute atomic E-state index is 0.321. The zero-order chi connectivity index (χ0) is 16.6. The van der Waals surface area contributed by atoms with Gasteiger partial charge in [-0.25, -0.2) is 0 Å². The summed E-state index contributed by atoms with van der Waals surface area (Å²) in [5.74, 6) is 3.27. The zero-order valence-electron chi connectivity index (χ0n) is 15.6. The molecule has 0 aliphatic rings. The van der Waals surface area contributed by atoms with Crippen LogP contribution >= 0.6 is 0 Å². The summed E-state index contributed by atoms with van der Waals surface area (Å²) in [4.78, 5) is 0. The molecule has 0 atom stereocenters. The van der Waals surface area contributed by atoms with Gasteiger partial charge in [0.1, 0.15) is 8.07 Å². The van der Waals surface area contributed by atoms with Gasteiger partial charge in [0.05, 0.1) is 0 Å². The lowest BCUT2D eigenvalue weighted by atomic mass is 10.2. The van der Waals surface area contributed by atoms with Crippen molar-refractivity contribution in [3.63, 3.8) is 0 Å². The summed E-state index contributed by atoms with van der Waals surface area (Å²) >= 11 is 0. The molecule has 0 radical (unpaired) electrons. The topological polar surface area (TPSA) is 9.23 Å². The lowest BCUT2D eigenvalue weighted by Crippen LogP contribution is -2.40. The smallest absolute Gasteiger partial charge is 0.191 e. The number of hydrogen-bond donors (Lipinski definition) is 0. The van der Waals surface area contributed by atoms with Crippen LogP contribution in [0.4, 0.5) is 0 Å². The average molecular weight is 325 g/mol. The van der Waals surface area contributed by atoms with Gasteiger partial charge in [-0.05, 0) is 37.4 Å². The molecule has 0 bridgehead atoms. The molecule has 0 aliphatic carbocycles. The Morgan fingerprint density at radius 3 is 2.10 bits per heavy atom. The Balaban J connectivity index is 3.72. The predicted molar refractivity (Wildman–Crippen MR) is 102 cm³/mol. The highest BCUT2D eigenvalue weighted by Gasteiger charge is 2.36. The Bertz CT molecular complexity index is 373. The third-order valence-electron chi connectivity index (χ3n) is 3.88. The first-order valence-corrected chi connectivity index (χ1v) is 14.7. The van der Waals surface area contributed by atoms with Gasteiger partial charge in [-0.15, -0.1) is 11.5 Å². The van der Waals surface area contributed by atoms with Crippen LogP contribution in [0.3, 0.4) is 0 Å².